The first-order valence-corrected chi connectivity index (χ1v) is 7.57. The lowest BCUT2D eigenvalue weighted by molar-refractivity contribution is 0.103. The van der Waals surface area contributed by atoms with Crippen molar-refractivity contribution in [3.05, 3.63) is 29.1 Å². The molecule has 0 bridgehead atoms. The van der Waals surface area contributed by atoms with Gasteiger partial charge in [-0.2, -0.15) is 0 Å². The minimum atomic E-state index is -0.242. The number of thioether (sulfide) groups is 1. The summed E-state index contributed by atoms with van der Waals surface area (Å²) in [5, 5.41) is 6.29. The minimum Gasteiger partial charge on any atom is -0.382 e. The van der Waals surface area contributed by atoms with Gasteiger partial charge in [0, 0.05) is 17.6 Å². The molecule has 0 saturated heterocycles. The fourth-order valence-electron chi connectivity index (χ4n) is 1.46. The molecule has 1 aromatic heterocycles. The van der Waals surface area contributed by atoms with Gasteiger partial charge in [0.25, 0.3) is 5.91 Å². The van der Waals surface area contributed by atoms with E-state index in [1.807, 2.05) is 30.5 Å². The molecular formula is C12H14N4OS2. The van der Waals surface area contributed by atoms with Crippen LogP contribution in [0.25, 0.3) is 0 Å². The molecule has 1 amide bonds. The molecule has 0 radical (unpaired) electrons. The molecule has 0 atom stereocenters. The van der Waals surface area contributed by atoms with Crippen molar-refractivity contribution in [1.29, 1.82) is 0 Å². The Morgan fingerprint density at radius 2 is 2.05 bits per heavy atom. The van der Waals surface area contributed by atoms with Crippen molar-refractivity contribution in [2.45, 2.75) is 4.90 Å². The normalized spacial score (nSPS) is 10.2. The molecule has 2 rings (SSSR count). The van der Waals surface area contributed by atoms with Gasteiger partial charge >= 0.3 is 0 Å². The zero-order chi connectivity index (χ0) is 13.8. The molecule has 0 spiro atoms. The molecule has 1 aromatic carbocycles. The predicted octanol–water partition coefficient (Wildman–Crippen LogP) is 2.74. The number of nitrogen functional groups attached to an aromatic ring is 1. The van der Waals surface area contributed by atoms with Gasteiger partial charge in [-0.25, -0.2) is 4.98 Å². The zero-order valence-corrected chi connectivity index (χ0v) is 12.2. The predicted molar refractivity (Wildman–Crippen MR) is 82.2 cm³/mol. The number of nitrogens with one attached hydrogen (secondary N) is 2. The lowest BCUT2D eigenvalue weighted by Gasteiger charge is -2.04. The minimum absolute atomic E-state index is 0.242. The van der Waals surface area contributed by atoms with Crippen LogP contribution in [-0.4, -0.2) is 24.2 Å². The average molecular weight is 294 g/mol. The number of nitrogens with zero attached hydrogens (tertiary/aromatic N) is 1. The molecule has 5 nitrogen and oxygen atoms in total. The fourth-order valence-corrected chi connectivity index (χ4v) is 2.61. The van der Waals surface area contributed by atoms with Crippen LogP contribution in [0.4, 0.5) is 16.6 Å². The Labute approximate surface area is 119 Å². The summed E-state index contributed by atoms with van der Waals surface area (Å²) in [6.45, 7) is 0. The molecular weight excluding hydrogens is 280 g/mol. The summed E-state index contributed by atoms with van der Waals surface area (Å²) in [7, 11) is 1.74. The van der Waals surface area contributed by atoms with E-state index < -0.39 is 0 Å². The van der Waals surface area contributed by atoms with Crippen LogP contribution in [0.3, 0.4) is 0 Å². The molecule has 0 aliphatic heterocycles. The maximum Gasteiger partial charge on any atom is 0.269 e. The Bertz CT molecular complexity index is 580. The number of carbonyl (C=O) groups excluding carboxylic acids is 1. The van der Waals surface area contributed by atoms with E-state index in [0.29, 0.717) is 10.0 Å². The van der Waals surface area contributed by atoms with Crippen molar-refractivity contribution in [2.75, 3.05) is 29.7 Å². The van der Waals surface area contributed by atoms with Crippen LogP contribution in [0.15, 0.2) is 29.2 Å². The third kappa shape index (κ3) is 3.18. The quantitative estimate of drug-likeness (QED) is 0.756. The number of thiazole rings is 1. The number of rotatable bonds is 4. The van der Waals surface area contributed by atoms with Crippen LogP contribution in [0, 0.1) is 0 Å². The van der Waals surface area contributed by atoms with Crippen molar-refractivity contribution in [2.24, 2.45) is 0 Å². The summed E-state index contributed by atoms with van der Waals surface area (Å²) in [6.07, 6.45) is 2.00. The third-order valence-corrected chi connectivity index (χ3v) is 4.25. The highest BCUT2D eigenvalue weighted by Crippen LogP contribution is 2.25. The van der Waals surface area contributed by atoms with Gasteiger partial charge in [0.15, 0.2) is 5.13 Å². The van der Waals surface area contributed by atoms with E-state index in [1.54, 1.807) is 18.8 Å². The topological polar surface area (TPSA) is 80.0 Å². The van der Waals surface area contributed by atoms with E-state index in [2.05, 4.69) is 15.6 Å². The molecule has 100 valence electrons. The Balaban J connectivity index is 2.13. The number of aromatic nitrogens is 1. The number of hydrogen-bond donors (Lipinski definition) is 3. The monoisotopic (exact) mass is 294 g/mol. The number of amides is 1. The Hall–Kier alpha value is -1.73. The van der Waals surface area contributed by atoms with Gasteiger partial charge in [0.2, 0.25) is 0 Å². The van der Waals surface area contributed by atoms with Crippen LogP contribution >= 0.6 is 23.1 Å². The van der Waals surface area contributed by atoms with E-state index in [-0.39, 0.29) is 11.7 Å². The van der Waals surface area contributed by atoms with Crippen LogP contribution in [-0.2, 0) is 0 Å². The largest absolute Gasteiger partial charge is 0.382 e. The Morgan fingerprint density at radius 3 is 2.58 bits per heavy atom. The molecule has 19 heavy (non-hydrogen) atoms. The lowest BCUT2D eigenvalue weighted by Crippen LogP contribution is -2.12. The smallest absolute Gasteiger partial charge is 0.269 e. The summed E-state index contributed by atoms with van der Waals surface area (Å²) in [6, 6.07) is 7.63. The van der Waals surface area contributed by atoms with Crippen molar-refractivity contribution in [1.82, 2.24) is 4.98 Å². The Kier molecular flexibility index (Phi) is 4.28. The van der Waals surface area contributed by atoms with Crippen LogP contribution < -0.4 is 16.4 Å². The molecule has 0 aliphatic carbocycles. The van der Waals surface area contributed by atoms with E-state index >= 15 is 0 Å². The Morgan fingerprint density at radius 1 is 1.37 bits per heavy atom. The van der Waals surface area contributed by atoms with Crippen molar-refractivity contribution in [3.63, 3.8) is 0 Å². The molecule has 0 aliphatic rings. The van der Waals surface area contributed by atoms with Gasteiger partial charge in [0.05, 0.1) is 0 Å². The standard InChI is InChI=1S/C12H14N4OS2/c1-14-12-16-10(13)9(19-12)11(17)15-7-3-5-8(18-2)6-4-7/h3-6H,13H2,1-2H3,(H,14,16)(H,15,17). The number of nitrogens with two attached hydrogens (primary N) is 1. The van der Waals surface area contributed by atoms with Gasteiger partial charge < -0.3 is 16.4 Å². The maximum absolute atomic E-state index is 12.1. The summed E-state index contributed by atoms with van der Waals surface area (Å²) in [4.78, 5) is 17.7. The first kappa shape index (κ1) is 13.7. The van der Waals surface area contributed by atoms with Crippen molar-refractivity contribution >= 4 is 45.6 Å². The second-order valence-electron chi connectivity index (χ2n) is 3.67. The highest BCUT2D eigenvalue weighted by atomic mass is 32.2. The van der Waals surface area contributed by atoms with E-state index in [9.17, 15) is 4.79 Å². The average Bonchev–Trinajstić information content (AvgIpc) is 2.81. The van der Waals surface area contributed by atoms with Gasteiger partial charge in [-0.1, -0.05) is 11.3 Å². The summed E-state index contributed by atoms with van der Waals surface area (Å²) >= 11 is 2.88. The molecule has 1 heterocycles. The maximum atomic E-state index is 12.1. The number of hydrogen-bond acceptors (Lipinski definition) is 6. The van der Waals surface area contributed by atoms with Crippen LogP contribution in [0.5, 0.6) is 0 Å². The molecule has 0 fully saturated rings. The van der Waals surface area contributed by atoms with Crippen molar-refractivity contribution in [3.8, 4) is 0 Å². The van der Waals surface area contributed by atoms with Gasteiger partial charge in [-0.15, -0.1) is 11.8 Å². The summed E-state index contributed by atoms with van der Waals surface area (Å²) in [5.74, 6) is 0.000912. The highest BCUT2D eigenvalue weighted by molar-refractivity contribution is 7.98. The van der Waals surface area contributed by atoms with Crippen molar-refractivity contribution < 1.29 is 4.79 Å². The lowest BCUT2D eigenvalue weighted by atomic mass is 10.3. The van der Waals surface area contributed by atoms with Gasteiger partial charge in [0.1, 0.15) is 10.7 Å². The SMILES string of the molecule is CNc1nc(N)c(C(=O)Nc2ccc(SC)cc2)s1. The second kappa shape index (κ2) is 5.94. The highest BCUT2D eigenvalue weighted by Gasteiger charge is 2.15. The number of carbonyl (C=O) groups is 1. The van der Waals surface area contributed by atoms with E-state index in [1.165, 1.54) is 11.3 Å². The summed E-state index contributed by atoms with van der Waals surface area (Å²) < 4.78 is 0. The fraction of sp³-hybridized carbons (Fsp3) is 0.167. The molecule has 4 N–H and O–H groups in total. The second-order valence-corrected chi connectivity index (χ2v) is 5.54. The van der Waals surface area contributed by atoms with Gasteiger partial charge in [-0.05, 0) is 30.5 Å². The molecule has 0 saturated carbocycles. The first-order chi connectivity index (χ1) is 9.13. The molecule has 2 aromatic rings. The van der Waals surface area contributed by atoms with Crippen LogP contribution in [0.1, 0.15) is 9.67 Å². The van der Waals surface area contributed by atoms with E-state index in [0.717, 1.165) is 10.6 Å². The van der Waals surface area contributed by atoms with E-state index in [4.69, 9.17) is 5.73 Å². The molecule has 7 heteroatoms. The number of anilines is 3. The summed E-state index contributed by atoms with van der Waals surface area (Å²) in [5.41, 5.74) is 6.45. The number of benzene rings is 1. The van der Waals surface area contributed by atoms with Gasteiger partial charge in [-0.3, -0.25) is 4.79 Å². The molecule has 0 unspecified atom stereocenters. The third-order valence-electron chi connectivity index (χ3n) is 2.42. The van der Waals surface area contributed by atoms with Crippen LogP contribution in [0.2, 0.25) is 0 Å². The first-order valence-electron chi connectivity index (χ1n) is 5.53. The zero-order valence-electron chi connectivity index (χ0n) is 10.6.